The van der Waals surface area contributed by atoms with Crippen LogP contribution in [0.3, 0.4) is 0 Å². The van der Waals surface area contributed by atoms with Crippen molar-refractivity contribution in [2.24, 2.45) is 5.92 Å². The number of halogens is 1. The molecule has 1 N–H and O–H groups in total. The molecule has 0 saturated carbocycles. The summed E-state index contributed by atoms with van der Waals surface area (Å²) in [6, 6.07) is 5.09. The Balaban J connectivity index is 2.95. The Hall–Kier alpha value is -1.09. The molecule has 0 radical (unpaired) electrons. The molecule has 0 aliphatic carbocycles. The minimum absolute atomic E-state index is 0.0213. The van der Waals surface area contributed by atoms with Crippen molar-refractivity contribution < 1.29 is 9.13 Å². The van der Waals surface area contributed by atoms with Crippen LogP contribution in [0.2, 0.25) is 0 Å². The fraction of sp³-hybridized carbons (Fsp3) is 0.667. The predicted octanol–water partition coefficient (Wildman–Crippen LogP) is 5.09. The van der Waals surface area contributed by atoms with Gasteiger partial charge < -0.3 is 10.1 Å². The molecule has 2 atom stereocenters. The van der Waals surface area contributed by atoms with E-state index in [-0.39, 0.29) is 11.9 Å². The van der Waals surface area contributed by atoms with Crippen molar-refractivity contribution in [2.45, 2.75) is 58.9 Å². The van der Waals surface area contributed by atoms with Crippen LogP contribution < -0.4 is 10.1 Å². The van der Waals surface area contributed by atoms with Gasteiger partial charge in [-0.25, -0.2) is 4.39 Å². The summed E-state index contributed by atoms with van der Waals surface area (Å²) in [5, 5.41) is 3.44. The van der Waals surface area contributed by atoms with Gasteiger partial charge in [0, 0.05) is 11.6 Å². The third-order valence-electron chi connectivity index (χ3n) is 4.14. The Morgan fingerprint density at radius 3 is 2.57 bits per heavy atom. The van der Waals surface area contributed by atoms with Gasteiger partial charge in [-0.05, 0) is 31.0 Å². The average Bonchev–Trinajstić information content (AvgIpc) is 2.50. The van der Waals surface area contributed by atoms with E-state index in [9.17, 15) is 4.39 Å². The molecule has 0 bridgehead atoms. The Kier molecular flexibility index (Phi) is 8.36. The largest absolute Gasteiger partial charge is 0.496 e. The van der Waals surface area contributed by atoms with Crippen molar-refractivity contribution in [1.82, 2.24) is 5.32 Å². The highest BCUT2D eigenvalue weighted by atomic mass is 19.1. The second kappa shape index (κ2) is 9.78. The van der Waals surface area contributed by atoms with E-state index < -0.39 is 0 Å². The molecule has 0 fully saturated rings. The lowest BCUT2D eigenvalue weighted by molar-refractivity contribution is 0.336. The first-order chi connectivity index (χ1) is 10.2. The number of nitrogens with one attached hydrogen (secondary N) is 1. The quantitative estimate of drug-likeness (QED) is 0.649. The maximum absolute atomic E-state index is 14.3. The minimum Gasteiger partial charge on any atom is -0.496 e. The van der Waals surface area contributed by atoms with Gasteiger partial charge in [0.2, 0.25) is 0 Å². The van der Waals surface area contributed by atoms with Crippen LogP contribution in [0.15, 0.2) is 18.2 Å². The van der Waals surface area contributed by atoms with Crippen molar-refractivity contribution in [3.05, 3.63) is 29.6 Å². The summed E-state index contributed by atoms with van der Waals surface area (Å²) >= 11 is 0. The van der Waals surface area contributed by atoms with Crippen LogP contribution in [0, 0.1) is 11.7 Å². The van der Waals surface area contributed by atoms with Crippen molar-refractivity contribution in [3.8, 4) is 5.75 Å². The third kappa shape index (κ3) is 5.31. The molecule has 1 aromatic rings. The van der Waals surface area contributed by atoms with E-state index in [4.69, 9.17) is 4.74 Å². The number of rotatable bonds is 10. The molecular formula is C18H30FNO. The molecule has 0 heterocycles. The monoisotopic (exact) mass is 295 g/mol. The summed E-state index contributed by atoms with van der Waals surface area (Å²) in [6.07, 6.45) is 5.77. The summed E-state index contributed by atoms with van der Waals surface area (Å²) in [5.74, 6) is 1.09. The summed E-state index contributed by atoms with van der Waals surface area (Å²) in [4.78, 5) is 0. The highest BCUT2D eigenvalue weighted by molar-refractivity contribution is 5.37. The SMILES string of the molecule is CCCCC(CC)CC(NCC)c1c(F)cccc1OC. The van der Waals surface area contributed by atoms with Gasteiger partial charge in [0.25, 0.3) is 0 Å². The number of hydrogen-bond donors (Lipinski definition) is 1. The molecule has 0 aromatic heterocycles. The number of hydrogen-bond acceptors (Lipinski definition) is 2. The van der Waals surface area contributed by atoms with Gasteiger partial charge in [-0.15, -0.1) is 0 Å². The van der Waals surface area contributed by atoms with Gasteiger partial charge in [0.15, 0.2) is 0 Å². The Bertz CT molecular complexity index is 408. The van der Waals surface area contributed by atoms with E-state index in [1.165, 1.54) is 25.3 Å². The van der Waals surface area contributed by atoms with Crippen molar-refractivity contribution >= 4 is 0 Å². The van der Waals surface area contributed by atoms with Gasteiger partial charge in [-0.1, -0.05) is 52.5 Å². The molecule has 0 aliphatic heterocycles. The fourth-order valence-electron chi connectivity index (χ4n) is 2.90. The van der Waals surface area contributed by atoms with Crippen molar-refractivity contribution in [3.63, 3.8) is 0 Å². The lowest BCUT2D eigenvalue weighted by Crippen LogP contribution is -2.25. The smallest absolute Gasteiger partial charge is 0.131 e. The molecule has 120 valence electrons. The van der Waals surface area contributed by atoms with E-state index >= 15 is 0 Å². The average molecular weight is 295 g/mol. The normalized spacial score (nSPS) is 14.0. The van der Waals surface area contributed by atoms with Crippen LogP contribution in [0.1, 0.15) is 64.5 Å². The minimum atomic E-state index is -0.175. The number of ether oxygens (including phenoxy) is 1. The zero-order chi connectivity index (χ0) is 15.7. The summed E-state index contributed by atoms with van der Waals surface area (Å²) in [5.41, 5.74) is 0.678. The van der Waals surface area contributed by atoms with E-state index in [0.29, 0.717) is 17.2 Å². The maximum atomic E-state index is 14.3. The topological polar surface area (TPSA) is 21.3 Å². The molecule has 1 aromatic carbocycles. The summed E-state index contributed by atoms with van der Waals surface area (Å²) in [6.45, 7) is 7.33. The van der Waals surface area contributed by atoms with Crippen molar-refractivity contribution in [1.29, 1.82) is 0 Å². The van der Waals surface area contributed by atoms with Gasteiger partial charge >= 0.3 is 0 Å². The second-order valence-corrected chi connectivity index (χ2v) is 5.62. The molecule has 0 saturated heterocycles. The standard InChI is InChI=1S/C18H30FNO/c1-5-8-10-14(6-2)13-16(20-7-3)18-15(19)11-9-12-17(18)21-4/h9,11-12,14,16,20H,5-8,10,13H2,1-4H3. The number of benzene rings is 1. The summed E-state index contributed by atoms with van der Waals surface area (Å²) < 4.78 is 19.7. The highest BCUT2D eigenvalue weighted by Gasteiger charge is 2.22. The predicted molar refractivity (Wildman–Crippen MR) is 87.3 cm³/mol. The molecule has 0 aliphatic rings. The molecule has 21 heavy (non-hydrogen) atoms. The summed E-state index contributed by atoms with van der Waals surface area (Å²) in [7, 11) is 1.61. The van der Waals surface area contributed by atoms with Crippen LogP contribution in [0.5, 0.6) is 5.75 Å². The van der Waals surface area contributed by atoms with E-state index in [1.54, 1.807) is 13.2 Å². The first-order valence-electron chi connectivity index (χ1n) is 8.23. The molecule has 2 nitrogen and oxygen atoms in total. The first-order valence-corrected chi connectivity index (χ1v) is 8.23. The molecular weight excluding hydrogens is 265 g/mol. The molecule has 2 unspecified atom stereocenters. The second-order valence-electron chi connectivity index (χ2n) is 5.62. The van der Waals surface area contributed by atoms with E-state index in [2.05, 4.69) is 26.1 Å². The van der Waals surface area contributed by atoms with Crippen LogP contribution in [0.4, 0.5) is 4.39 Å². The molecule has 3 heteroatoms. The third-order valence-corrected chi connectivity index (χ3v) is 4.14. The lowest BCUT2D eigenvalue weighted by atomic mass is 9.88. The zero-order valence-corrected chi connectivity index (χ0v) is 13.9. The lowest BCUT2D eigenvalue weighted by Gasteiger charge is -2.25. The molecule has 1 rings (SSSR count). The van der Waals surface area contributed by atoms with E-state index in [0.717, 1.165) is 19.4 Å². The Morgan fingerprint density at radius 1 is 1.24 bits per heavy atom. The van der Waals surface area contributed by atoms with Gasteiger partial charge in [0.1, 0.15) is 11.6 Å². The number of unbranched alkanes of at least 4 members (excludes halogenated alkanes) is 1. The number of methoxy groups -OCH3 is 1. The fourth-order valence-corrected chi connectivity index (χ4v) is 2.90. The van der Waals surface area contributed by atoms with Gasteiger partial charge in [0.05, 0.1) is 7.11 Å². The van der Waals surface area contributed by atoms with Crippen LogP contribution in [-0.2, 0) is 0 Å². The van der Waals surface area contributed by atoms with Crippen LogP contribution in [0.25, 0.3) is 0 Å². The van der Waals surface area contributed by atoms with Crippen molar-refractivity contribution in [2.75, 3.05) is 13.7 Å². The van der Waals surface area contributed by atoms with Crippen LogP contribution >= 0.6 is 0 Å². The van der Waals surface area contributed by atoms with Gasteiger partial charge in [-0.3, -0.25) is 0 Å². The van der Waals surface area contributed by atoms with Crippen LogP contribution in [-0.4, -0.2) is 13.7 Å². The van der Waals surface area contributed by atoms with E-state index in [1.807, 2.05) is 6.07 Å². The molecule has 0 spiro atoms. The maximum Gasteiger partial charge on any atom is 0.131 e. The Labute approximate surface area is 129 Å². The zero-order valence-electron chi connectivity index (χ0n) is 13.9. The molecule has 0 amide bonds. The first kappa shape index (κ1) is 18.0. The Morgan fingerprint density at radius 2 is 2.00 bits per heavy atom. The van der Waals surface area contributed by atoms with Gasteiger partial charge in [-0.2, -0.15) is 0 Å². The highest BCUT2D eigenvalue weighted by Crippen LogP contribution is 2.33.